The highest BCUT2D eigenvalue weighted by Crippen LogP contribution is 2.28. The number of aryl methyl sites for hydroxylation is 1. The fourth-order valence-corrected chi connectivity index (χ4v) is 2.03. The van der Waals surface area contributed by atoms with Crippen LogP contribution < -0.4 is 4.74 Å². The van der Waals surface area contributed by atoms with E-state index in [1.54, 1.807) is 17.9 Å². The van der Waals surface area contributed by atoms with Gasteiger partial charge in [0.25, 0.3) is 0 Å². The maximum Gasteiger partial charge on any atom is 0.137 e. The van der Waals surface area contributed by atoms with E-state index >= 15 is 0 Å². The van der Waals surface area contributed by atoms with Gasteiger partial charge in [0.15, 0.2) is 0 Å². The van der Waals surface area contributed by atoms with Crippen molar-refractivity contribution in [1.82, 2.24) is 9.78 Å². The van der Waals surface area contributed by atoms with Crippen LogP contribution in [0.15, 0.2) is 18.2 Å². The van der Waals surface area contributed by atoms with E-state index in [0.717, 1.165) is 17.1 Å². The molecule has 0 N–H and O–H groups in total. The molecule has 0 saturated carbocycles. The molecule has 3 nitrogen and oxygen atoms in total. The summed E-state index contributed by atoms with van der Waals surface area (Å²) < 4.78 is 6.87. The lowest BCUT2D eigenvalue weighted by atomic mass is 10.3. The van der Waals surface area contributed by atoms with Crippen LogP contribution in [-0.2, 0) is 0 Å². The Labute approximate surface area is 110 Å². The van der Waals surface area contributed by atoms with E-state index in [0.29, 0.717) is 15.8 Å². The molecule has 0 amide bonds. The third kappa shape index (κ3) is 2.13. The highest BCUT2D eigenvalue weighted by Gasteiger charge is 2.11. The Morgan fingerprint density at radius 2 is 1.94 bits per heavy atom. The Hall–Kier alpha value is -1.19. The second kappa shape index (κ2) is 4.59. The molecule has 0 saturated heterocycles. The van der Waals surface area contributed by atoms with Gasteiger partial charge >= 0.3 is 0 Å². The smallest absolute Gasteiger partial charge is 0.137 e. The van der Waals surface area contributed by atoms with Crippen molar-refractivity contribution >= 4 is 23.2 Å². The maximum atomic E-state index is 6.11. The standard InChI is InChI=1S/C12H12Cl2N2O/c1-7-12(14)8(2)16(15-7)9-4-5-11(17-3)10(13)6-9/h4-6H,1-3H3. The Kier molecular flexibility index (Phi) is 3.31. The summed E-state index contributed by atoms with van der Waals surface area (Å²) in [5.74, 6) is 0.642. The zero-order valence-electron chi connectivity index (χ0n) is 9.79. The van der Waals surface area contributed by atoms with Gasteiger partial charge in [-0.25, -0.2) is 4.68 Å². The van der Waals surface area contributed by atoms with Crippen molar-refractivity contribution < 1.29 is 4.74 Å². The maximum absolute atomic E-state index is 6.11. The van der Waals surface area contributed by atoms with Crippen LogP contribution in [-0.4, -0.2) is 16.9 Å². The Morgan fingerprint density at radius 3 is 2.41 bits per heavy atom. The average molecular weight is 271 g/mol. The van der Waals surface area contributed by atoms with Crippen LogP contribution in [0.2, 0.25) is 10.0 Å². The molecule has 90 valence electrons. The molecular formula is C12H12Cl2N2O. The number of nitrogens with zero attached hydrogens (tertiary/aromatic N) is 2. The number of aromatic nitrogens is 2. The van der Waals surface area contributed by atoms with E-state index in [9.17, 15) is 0 Å². The molecular weight excluding hydrogens is 259 g/mol. The fourth-order valence-electron chi connectivity index (χ4n) is 1.66. The molecule has 0 aliphatic heterocycles. The summed E-state index contributed by atoms with van der Waals surface area (Å²) in [6, 6.07) is 5.50. The van der Waals surface area contributed by atoms with Gasteiger partial charge in [-0.2, -0.15) is 5.10 Å². The van der Waals surface area contributed by atoms with Gasteiger partial charge in [0, 0.05) is 0 Å². The highest BCUT2D eigenvalue weighted by molar-refractivity contribution is 6.32. The minimum absolute atomic E-state index is 0.550. The first-order valence-electron chi connectivity index (χ1n) is 5.10. The molecule has 17 heavy (non-hydrogen) atoms. The van der Waals surface area contributed by atoms with Crippen LogP contribution in [0.4, 0.5) is 0 Å². The summed E-state index contributed by atoms with van der Waals surface area (Å²) in [5, 5.41) is 5.59. The molecule has 0 aliphatic carbocycles. The van der Waals surface area contributed by atoms with Crippen molar-refractivity contribution in [2.75, 3.05) is 7.11 Å². The van der Waals surface area contributed by atoms with Gasteiger partial charge in [-0.3, -0.25) is 0 Å². The first kappa shape index (κ1) is 12.3. The summed E-state index contributed by atoms with van der Waals surface area (Å²) in [5.41, 5.74) is 2.56. The molecule has 1 heterocycles. The molecule has 2 aromatic rings. The van der Waals surface area contributed by atoms with Crippen molar-refractivity contribution in [1.29, 1.82) is 0 Å². The second-order valence-corrected chi connectivity index (χ2v) is 4.50. The van der Waals surface area contributed by atoms with Crippen molar-refractivity contribution in [3.05, 3.63) is 39.6 Å². The quantitative estimate of drug-likeness (QED) is 0.830. The van der Waals surface area contributed by atoms with E-state index in [4.69, 9.17) is 27.9 Å². The number of ether oxygens (including phenoxy) is 1. The lowest BCUT2D eigenvalue weighted by Gasteiger charge is -2.07. The minimum atomic E-state index is 0.550. The number of benzene rings is 1. The molecule has 2 rings (SSSR count). The molecule has 0 radical (unpaired) electrons. The Balaban J connectivity index is 2.53. The summed E-state index contributed by atoms with van der Waals surface area (Å²) in [4.78, 5) is 0. The number of halogens is 2. The molecule has 5 heteroatoms. The average Bonchev–Trinajstić information content (AvgIpc) is 2.57. The molecule has 0 spiro atoms. The van der Waals surface area contributed by atoms with Crippen LogP contribution in [0.5, 0.6) is 5.75 Å². The fraction of sp³-hybridized carbons (Fsp3) is 0.250. The normalized spacial score (nSPS) is 10.6. The topological polar surface area (TPSA) is 27.1 Å². The van der Waals surface area contributed by atoms with Crippen molar-refractivity contribution in [3.63, 3.8) is 0 Å². The summed E-state index contributed by atoms with van der Waals surface area (Å²) in [7, 11) is 1.58. The van der Waals surface area contributed by atoms with Crippen molar-refractivity contribution in [3.8, 4) is 11.4 Å². The van der Waals surface area contributed by atoms with E-state index in [-0.39, 0.29) is 0 Å². The predicted molar refractivity (Wildman–Crippen MR) is 69.6 cm³/mol. The van der Waals surface area contributed by atoms with E-state index < -0.39 is 0 Å². The van der Waals surface area contributed by atoms with Gasteiger partial charge in [0.05, 0.1) is 34.2 Å². The lowest BCUT2D eigenvalue weighted by molar-refractivity contribution is 0.415. The van der Waals surface area contributed by atoms with Crippen LogP contribution in [0, 0.1) is 13.8 Å². The van der Waals surface area contributed by atoms with Gasteiger partial charge < -0.3 is 4.74 Å². The van der Waals surface area contributed by atoms with Crippen LogP contribution in [0.3, 0.4) is 0 Å². The number of rotatable bonds is 2. The van der Waals surface area contributed by atoms with Gasteiger partial charge in [-0.05, 0) is 32.0 Å². The largest absolute Gasteiger partial charge is 0.495 e. The molecule has 0 atom stereocenters. The molecule has 0 bridgehead atoms. The molecule has 1 aromatic heterocycles. The minimum Gasteiger partial charge on any atom is -0.495 e. The van der Waals surface area contributed by atoms with Crippen LogP contribution in [0.1, 0.15) is 11.4 Å². The summed E-state index contributed by atoms with van der Waals surface area (Å²) in [6.07, 6.45) is 0. The molecule has 0 unspecified atom stereocenters. The third-order valence-corrected chi connectivity index (χ3v) is 3.43. The SMILES string of the molecule is COc1ccc(-n2nc(C)c(Cl)c2C)cc1Cl. The van der Waals surface area contributed by atoms with Crippen molar-refractivity contribution in [2.24, 2.45) is 0 Å². The molecule has 0 fully saturated rings. The van der Waals surface area contributed by atoms with E-state index in [1.807, 2.05) is 26.0 Å². The molecule has 0 aliphatic rings. The summed E-state index contributed by atoms with van der Waals surface area (Å²) in [6.45, 7) is 3.79. The van der Waals surface area contributed by atoms with Crippen LogP contribution in [0.25, 0.3) is 5.69 Å². The lowest BCUT2D eigenvalue weighted by Crippen LogP contribution is -1.99. The second-order valence-electron chi connectivity index (χ2n) is 3.72. The third-order valence-electron chi connectivity index (χ3n) is 2.58. The molecule has 1 aromatic carbocycles. The zero-order valence-corrected chi connectivity index (χ0v) is 11.3. The Morgan fingerprint density at radius 1 is 1.24 bits per heavy atom. The van der Waals surface area contributed by atoms with Gasteiger partial charge in [-0.1, -0.05) is 23.2 Å². The monoisotopic (exact) mass is 270 g/mol. The van der Waals surface area contributed by atoms with E-state index in [2.05, 4.69) is 5.10 Å². The number of hydrogen-bond donors (Lipinski definition) is 0. The predicted octanol–water partition coefficient (Wildman–Crippen LogP) is 3.80. The number of methoxy groups -OCH3 is 1. The van der Waals surface area contributed by atoms with Crippen molar-refractivity contribution in [2.45, 2.75) is 13.8 Å². The van der Waals surface area contributed by atoms with Crippen LogP contribution >= 0.6 is 23.2 Å². The first-order valence-corrected chi connectivity index (χ1v) is 5.86. The first-order chi connectivity index (χ1) is 8.04. The van der Waals surface area contributed by atoms with Gasteiger partial charge in [0.1, 0.15) is 5.75 Å². The number of hydrogen-bond acceptors (Lipinski definition) is 2. The van der Waals surface area contributed by atoms with Gasteiger partial charge in [0.2, 0.25) is 0 Å². The van der Waals surface area contributed by atoms with E-state index in [1.165, 1.54) is 0 Å². The zero-order chi connectivity index (χ0) is 12.6. The Bertz CT molecular complexity index is 564. The summed E-state index contributed by atoms with van der Waals surface area (Å²) >= 11 is 12.2. The van der Waals surface area contributed by atoms with Gasteiger partial charge in [-0.15, -0.1) is 0 Å². The highest BCUT2D eigenvalue weighted by atomic mass is 35.5.